The minimum Gasteiger partial charge on any atom is -0.502 e. The third kappa shape index (κ3) is 3.53. The second-order valence-corrected chi connectivity index (χ2v) is 5.94. The Kier molecular flexibility index (Phi) is 4.92. The van der Waals surface area contributed by atoms with Crippen molar-refractivity contribution in [1.29, 1.82) is 0 Å². The molecule has 0 spiro atoms. The number of phenolic OH excluding ortho intramolecular Hbond substituents is 1. The lowest BCUT2D eigenvalue weighted by Crippen LogP contribution is -2.48. The van der Waals surface area contributed by atoms with E-state index in [4.69, 9.17) is 4.74 Å². The van der Waals surface area contributed by atoms with Gasteiger partial charge in [0.1, 0.15) is 5.75 Å². The number of nitro benzene ring substituents is 1. The first-order valence-corrected chi connectivity index (χ1v) is 8.15. The van der Waals surface area contributed by atoms with Crippen molar-refractivity contribution >= 4 is 17.3 Å². The number of ether oxygens (including phenoxy) is 1. The Morgan fingerprint density at radius 3 is 2.54 bits per heavy atom. The molecule has 2 aromatic rings. The number of phenols is 1. The number of piperazine rings is 1. The van der Waals surface area contributed by atoms with Crippen LogP contribution in [0.2, 0.25) is 0 Å². The number of benzene rings is 2. The summed E-state index contributed by atoms with van der Waals surface area (Å²) in [4.78, 5) is 26.7. The number of methoxy groups -OCH3 is 1. The summed E-state index contributed by atoms with van der Waals surface area (Å²) in [5.41, 5.74) is 0.756. The molecular weight excluding hydrogens is 338 g/mol. The van der Waals surface area contributed by atoms with Gasteiger partial charge in [-0.15, -0.1) is 0 Å². The van der Waals surface area contributed by atoms with Gasteiger partial charge in [-0.05, 0) is 24.3 Å². The van der Waals surface area contributed by atoms with Gasteiger partial charge in [-0.25, -0.2) is 0 Å². The molecule has 3 rings (SSSR count). The number of nitrogens with zero attached hydrogens (tertiary/aromatic N) is 3. The fourth-order valence-corrected chi connectivity index (χ4v) is 2.96. The molecule has 0 unspecified atom stereocenters. The Bertz CT molecular complexity index is 831. The van der Waals surface area contributed by atoms with E-state index in [1.165, 1.54) is 12.1 Å². The second-order valence-electron chi connectivity index (χ2n) is 5.94. The van der Waals surface area contributed by atoms with Gasteiger partial charge in [-0.1, -0.05) is 6.07 Å². The maximum atomic E-state index is 12.6. The summed E-state index contributed by atoms with van der Waals surface area (Å²) in [7, 11) is 1.62. The van der Waals surface area contributed by atoms with Crippen molar-refractivity contribution in [3.8, 4) is 11.5 Å². The predicted molar refractivity (Wildman–Crippen MR) is 95.9 cm³/mol. The lowest BCUT2D eigenvalue weighted by atomic mass is 10.1. The summed E-state index contributed by atoms with van der Waals surface area (Å²) >= 11 is 0. The summed E-state index contributed by atoms with van der Waals surface area (Å²) in [6.45, 7) is 2.31. The molecule has 136 valence electrons. The van der Waals surface area contributed by atoms with E-state index in [0.717, 1.165) is 17.5 Å². The monoisotopic (exact) mass is 357 g/mol. The van der Waals surface area contributed by atoms with E-state index in [0.29, 0.717) is 26.2 Å². The predicted octanol–water partition coefficient (Wildman–Crippen LogP) is 2.27. The van der Waals surface area contributed by atoms with E-state index in [9.17, 15) is 20.0 Å². The molecule has 0 saturated carbocycles. The molecule has 1 saturated heterocycles. The number of nitro groups is 1. The molecule has 1 heterocycles. The summed E-state index contributed by atoms with van der Waals surface area (Å²) < 4.78 is 5.24. The zero-order valence-corrected chi connectivity index (χ0v) is 14.3. The first-order chi connectivity index (χ1) is 12.5. The molecular formula is C18H19N3O5. The van der Waals surface area contributed by atoms with Crippen LogP contribution in [0.1, 0.15) is 10.4 Å². The van der Waals surface area contributed by atoms with Gasteiger partial charge in [-0.3, -0.25) is 14.9 Å². The zero-order chi connectivity index (χ0) is 18.7. The van der Waals surface area contributed by atoms with Gasteiger partial charge in [0.25, 0.3) is 5.91 Å². The minimum atomic E-state index is -0.702. The molecule has 1 amide bonds. The van der Waals surface area contributed by atoms with Crippen molar-refractivity contribution in [3.05, 3.63) is 58.1 Å². The van der Waals surface area contributed by atoms with Crippen molar-refractivity contribution in [1.82, 2.24) is 4.90 Å². The molecule has 0 radical (unpaired) electrons. The Morgan fingerprint density at radius 2 is 1.88 bits per heavy atom. The maximum absolute atomic E-state index is 12.6. The number of amides is 1. The van der Waals surface area contributed by atoms with Gasteiger partial charge in [0, 0.05) is 49.6 Å². The summed E-state index contributed by atoms with van der Waals surface area (Å²) in [6.07, 6.45) is 0. The maximum Gasteiger partial charge on any atom is 0.311 e. The summed E-state index contributed by atoms with van der Waals surface area (Å²) in [5, 5.41) is 20.4. The molecule has 0 aromatic heterocycles. The molecule has 1 aliphatic rings. The van der Waals surface area contributed by atoms with E-state index in [-0.39, 0.29) is 11.5 Å². The zero-order valence-electron chi connectivity index (χ0n) is 14.3. The molecule has 8 heteroatoms. The molecule has 0 aliphatic carbocycles. The molecule has 1 N–H and O–H groups in total. The van der Waals surface area contributed by atoms with E-state index in [1.54, 1.807) is 12.0 Å². The Hall–Kier alpha value is -3.29. The van der Waals surface area contributed by atoms with Crippen molar-refractivity contribution in [2.75, 3.05) is 38.2 Å². The standard InChI is InChI=1S/C18H19N3O5/c1-26-15-4-2-3-14(12-15)19-7-9-20(10-8-19)18(23)13-5-6-17(22)16(11-13)21(24)25/h2-6,11-12,22H,7-10H2,1H3. The minimum absolute atomic E-state index is 0.198. The molecule has 8 nitrogen and oxygen atoms in total. The van der Waals surface area contributed by atoms with Gasteiger partial charge >= 0.3 is 5.69 Å². The van der Waals surface area contributed by atoms with Crippen LogP contribution < -0.4 is 9.64 Å². The van der Waals surface area contributed by atoms with Crippen LogP contribution in [0.25, 0.3) is 0 Å². The number of carbonyl (C=O) groups is 1. The highest BCUT2D eigenvalue weighted by atomic mass is 16.6. The topological polar surface area (TPSA) is 96.2 Å². The summed E-state index contributed by atoms with van der Waals surface area (Å²) in [5.74, 6) is 0.0465. The lowest BCUT2D eigenvalue weighted by Gasteiger charge is -2.36. The molecule has 2 aromatic carbocycles. The quantitative estimate of drug-likeness (QED) is 0.666. The number of rotatable bonds is 4. The molecule has 1 fully saturated rings. The van der Waals surface area contributed by atoms with Gasteiger partial charge in [0.05, 0.1) is 12.0 Å². The largest absolute Gasteiger partial charge is 0.502 e. The van der Waals surface area contributed by atoms with E-state index >= 15 is 0 Å². The highest BCUT2D eigenvalue weighted by Gasteiger charge is 2.24. The van der Waals surface area contributed by atoms with Gasteiger partial charge in [0.15, 0.2) is 5.75 Å². The smallest absolute Gasteiger partial charge is 0.311 e. The van der Waals surface area contributed by atoms with Crippen LogP contribution in [-0.4, -0.2) is 54.1 Å². The number of hydrogen-bond acceptors (Lipinski definition) is 6. The summed E-state index contributed by atoms with van der Waals surface area (Å²) in [6, 6.07) is 11.4. The van der Waals surface area contributed by atoms with Crippen LogP contribution in [0.5, 0.6) is 11.5 Å². The Balaban J connectivity index is 1.69. The fraction of sp³-hybridized carbons (Fsp3) is 0.278. The third-order valence-corrected chi connectivity index (χ3v) is 4.40. The van der Waals surface area contributed by atoms with Crippen LogP contribution in [0, 0.1) is 10.1 Å². The van der Waals surface area contributed by atoms with Gasteiger partial charge in [0.2, 0.25) is 0 Å². The van der Waals surface area contributed by atoms with E-state index < -0.39 is 16.4 Å². The number of hydrogen-bond donors (Lipinski definition) is 1. The van der Waals surface area contributed by atoms with E-state index in [1.807, 2.05) is 24.3 Å². The Labute approximate surface area is 150 Å². The van der Waals surface area contributed by atoms with Crippen molar-refractivity contribution in [2.24, 2.45) is 0 Å². The van der Waals surface area contributed by atoms with Crippen LogP contribution in [0.4, 0.5) is 11.4 Å². The van der Waals surface area contributed by atoms with E-state index in [2.05, 4.69) is 4.90 Å². The normalized spacial score (nSPS) is 14.2. The average molecular weight is 357 g/mol. The fourth-order valence-electron chi connectivity index (χ4n) is 2.96. The van der Waals surface area contributed by atoms with Crippen molar-refractivity contribution in [3.63, 3.8) is 0 Å². The van der Waals surface area contributed by atoms with Gasteiger partial charge < -0.3 is 19.6 Å². The highest BCUT2D eigenvalue weighted by Crippen LogP contribution is 2.27. The van der Waals surface area contributed by atoms with Crippen molar-refractivity contribution < 1.29 is 19.6 Å². The van der Waals surface area contributed by atoms with Crippen LogP contribution >= 0.6 is 0 Å². The van der Waals surface area contributed by atoms with Crippen LogP contribution in [0.3, 0.4) is 0 Å². The highest BCUT2D eigenvalue weighted by molar-refractivity contribution is 5.95. The Morgan fingerprint density at radius 1 is 1.15 bits per heavy atom. The first kappa shape index (κ1) is 17.5. The van der Waals surface area contributed by atoms with Crippen LogP contribution in [0.15, 0.2) is 42.5 Å². The first-order valence-electron chi connectivity index (χ1n) is 8.15. The molecule has 26 heavy (non-hydrogen) atoms. The third-order valence-electron chi connectivity index (χ3n) is 4.40. The molecule has 0 bridgehead atoms. The van der Waals surface area contributed by atoms with Crippen molar-refractivity contribution in [2.45, 2.75) is 0 Å². The lowest BCUT2D eigenvalue weighted by molar-refractivity contribution is -0.385. The number of carbonyl (C=O) groups excluding carboxylic acids is 1. The number of aromatic hydroxyl groups is 1. The number of anilines is 1. The molecule has 0 atom stereocenters. The average Bonchev–Trinajstić information content (AvgIpc) is 2.67. The van der Waals surface area contributed by atoms with Crippen LogP contribution in [-0.2, 0) is 0 Å². The van der Waals surface area contributed by atoms with Gasteiger partial charge in [-0.2, -0.15) is 0 Å². The molecule has 1 aliphatic heterocycles. The second kappa shape index (κ2) is 7.30. The SMILES string of the molecule is COc1cccc(N2CCN(C(=O)c3ccc(O)c([N+](=O)[O-])c3)CC2)c1.